The summed E-state index contributed by atoms with van der Waals surface area (Å²) in [6.07, 6.45) is 1.14. The summed E-state index contributed by atoms with van der Waals surface area (Å²) in [7, 11) is 2.27. The lowest BCUT2D eigenvalue weighted by molar-refractivity contribution is -0.922. The topological polar surface area (TPSA) is 26.0 Å². The molecular weight excluding hydrogens is 208 g/mol. The van der Waals surface area contributed by atoms with Crippen LogP contribution in [0.5, 0.6) is 0 Å². The van der Waals surface area contributed by atoms with E-state index in [9.17, 15) is 0 Å². The van der Waals surface area contributed by atoms with E-state index in [1.54, 1.807) is 0 Å². The zero-order valence-corrected chi connectivity index (χ0v) is 9.93. The van der Waals surface area contributed by atoms with Crippen LogP contribution in [0.2, 0.25) is 0 Å². The summed E-state index contributed by atoms with van der Waals surface area (Å²) in [6, 6.07) is 6.27. The van der Waals surface area contributed by atoms with Crippen molar-refractivity contribution in [2.75, 3.05) is 31.8 Å². The molecule has 1 aliphatic heterocycles. The van der Waals surface area contributed by atoms with E-state index in [-0.39, 0.29) is 0 Å². The van der Waals surface area contributed by atoms with Gasteiger partial charge in [0.05, 0.1) is 26.0 Å². The molecular formula is C12H18ClN2+. The van der Waals surface area contributed by atoms with Gasteiger partial charge >= 0.3 is 0 Å². The SMILES string of the molecule is C[N+]1(CCCl)CCc2ccc(N)cc2C1. The van der Waals surface area contributed by atoms with Gasteiger partial charge in [-0.25, -0.2) is 0 Å². The first kappa shape index (κ1) is 10.8. The molecule has 3 heteroatoms. The number of quaternary nitrogens is 1. The summed E-state index contributed by atoms with van der Waals surface area (Å²) < 4.78 is 1.04. The Morgan fingerprint density at radius 3 is 2.93 bits per heavy atom. The fourth-order valence-electron chi connectivity index (χ4n) is 2.31. The Hall–Kier alpha value is -0.730. The average Bonchev–Trinajstić information content (AvgIpc) is 2.17. The van der Waals surface area contributed by atoms with Crippen LogP contribution in [0, 0.1) is 0 Å². The van der Waals surface area contributed by atoms with E-state index in [2.05, 4.69) is 19.2 Å². The largest absolute Gasteiger partial charge is 0.399 e. The standard InChI is InChI=1S/C12H18ClN2/c1-15(7-5-13)6-4-10-2-3-12(14)8-11(10)9-15/h2-3,8H,4-7,9,14H2,1H3/q+1. The van der Waals surface area contributed by atoms with Gasteiger partial charge in [-0.05, 0) is 17.7 Å². The number of rotatable bonds is 2. The molecule has 1 aliphatic rings. The third-order valence-corrected chi connectivity index (χ3v) is 3.50. The third-order valence-electron chi connectivity index (χ3n) is 3.33. The molecule has 1 unspecified atom stereocenters. The van der Waals surface area contributed by atoms with Crippen LogP contribution in [0.4, 0.5) is 5.69 Å². The van der Waals surface area contributed by atoms with Gasteiger partial charge in [0.2, 0.25) is 0 Å². The Kier molecular flexibility index (Phi) is 2.89. The molecule has 0 fully saturated rings. The molecule has 0 saturated heterocycles. The maximum absolute atomic E-state index is 5.84. The highest BCUT2D eigenvalue weighted by Crippen LogP contribution is 2.25. The van der Waals surface area contributed by atoms with Crippen LogP contribution in [0.3, 0.4) is 0 Å². The molecule has 1 atom stereocenters. The number of nitrogens with two attached hydrogens (primary N) is 1. The molecule has 2 N–H and O–H groups in total. The second-order valence-electron chi connectivity index (χ2n) is 4.69. The Morgan fingerprint density at radius 1 is 1.40 bits per heavy atom. The molecule has 2 nitrogen and oxygen atoms in total. The molecule has 0 aliphatic carbocycles. The molecule has 2 rings (SSSR count). The van der Waals surface area contributed by atoms with Crippen molar-refractivity contribution in [1.82, 2.24) is 0 Å². The van der Waals surface area contributed by atoms with Crippen molar-refractivity contribution in [1.29, 1.82) is 0 Å². The van der Waals surface area contributed by atoms with E-state index in [0.29, 0.717) is 0 Å². The number of hydrogen-bond acceptors (Lipinski definition) is 1. The van der Waals surface area contributed by atoms with Crippen molar-refractivity contribution >= 4 is 17.3 Å². The second-order valence-corrected chi connectivity index (χ2v) is 5.07. The molecule has 1 heterocycles. The zero-order valence-electron chi connectivity index (χ0n) is 9.17. The van der Waals surface area contributed by atoms with Crippen molar-refractivity contribution in [3.8, 4) is 0 Å². The van der Waals surface area contributed by atoms with Crippen LogP contribution in [0.15, 0.2) is 18.2 Å². The number of benzene rings is 1. The monoisotopic (exact) mass is 225 g/mol. The lowest BCUT2D eigenvalue weighted by Crippen LogP contribution is -2.48. The number of alkyl halides is 1. The van der Waals surface area contributed by atoms with Gasteiger partial charge in [-0.1, -0.05) is 6.07 Å². The maximum atomic E-state index is 5.84. The maximum Gasteiger partial charge on any atom is 0.105 e. The van der Waals surface area contributed by atoms with E-state index in [1.165, 1.54) is 17.7 Å². The first-order chi connectivity index (χ1) is 7.13. The second kappa shape index (κ2) is 4.03. The molecule has 1 aromatic rings. The molecule has 0 amide bonds. The first-order valence-electron chi connectivity index (χ1n) is 5.40. The lowest BCUT2D eigenvalue weighted by atomic mass is 9.97. The predicted molar refractivity (Wildman–Crippen MR) is 64.9 cm³/mol. The molecule has 0 radical (unpaired) electrons. The summed E-state index contributed by atoms with van der Waals surface area (Å²) in [5, 5.41) is 0. The van der Waals surface area contributed by atoms with Gasteiger partial charge in [0.15, 0.2) is 0 Å². The fraction of sp³-hybridized carbons (Fsp3) is 0.500. The van der Waals surface area contributed by atoms with E-state index in [1.807, 2.05) is 6.07 Å². The Morgan fingerprint density at radius 2 is 2.20 bits per heavy atom. The highest BCUT2D eigenvalue weighted by Gasteiger charge is 2.27. The minimum absolute atomic E-state index is 0.730. The zero-order chi connectivity index (χ0) is 10.9. The number of halogens is 1. The first-order valence-corrected chi connectivity index (χ1v) is 5.93. The van der Waals surface area contributed by atoms with Gasteiger partial charge < -0.3 is 10.2 Å². The smallest absolute Gasteiger partial charge is 0.105 e. The van der Waals surface area contributed by atoms with Crippen LogP contribution in [0.25, 0.3) is 0 Å². The van der Waals surface area contributed by atoms with Gasteiger partial charge in [0, 0.05) is 17.7 Å². The van der Waals surface area contributed by atoms with E-state index >= 15 is 0 Å². The Bertz CT molecular complexity index is 365. The molecule has 0 saturated carbocycles. The number of nitrogen functional groups attached to an aromatic ring is 1. The third kappa shape index (κ3) is 2.27. The van der Waals surface area contributed by atoms with Crippen molar-refractivity contribution in [2.45, 2.75) is 13.0 Å². The van der Waals surface area contributed by atoms with Crippen LogP contribution in [-0.4, -0.2) is 30.5 Å². The summed E-state index contributed by atoms with van der Waals surface area (Å²) in [5.74, 6) is 0.730. The molecule has 82 valence electrons. The number of anilines is 1. The van der Waals surface area contributed by atoms with Crippen molar-refractivity contribution < 1.29 is 4.48 Å². The number of hydrogen-bond donors (Lipinski definition) is 1. The van der Waals surface area contributed by atoms with E-state index in [4.69, 9.17) is 17.3 Å². The number of nitrogens with zero attached hydrogens (tertiary/aromatic N) is 1. The molecule has 0 bridgehead atoms. The Labute approximate surface area is 96.2 Å². The van der Waals surface area contributed by atoms with Crippen LogP contribution >= 0.6 is 11.6 Å². The molecule has 0 aromatic heterocycles. The van der Waals surface area contributed by atoms with Gasteiger partial charge in [-0.2, -0.15) is 0 Å². The van der Waals surface area contributed by atoms with E-state index < -0.39 is 0 Å². The van der Waals surface area contributed by atoms with E-state index in [0.717, 1.165) is 35.6 Å². The van der Waals surface area contributed by atoms with Gasteiger partial charge in [0.1, 0.15) is 6.54 Å². The summed E-state index contributed by atoms with van der Waals surface area (Å²) in [6.45, 7) is 3.28. The Balaban J connectivity index is 2.25. The highest BCUT2D eigenvalue weighted by molar-refractivity contribution is 6.17. The van der Waals surface area contributed by atoms with Crippen molar-refractivity contribution in [3.05, 3.63) is 29.3 Å². The lowest BCUT2D eigenvalue weighted by Gasteiger charge is -2.38. The summed E-state index contributed by atoms with van der Waals surface area (Å²) >= 11 is 5.84. The van der Waals surface area contributed by atoms with Crippen molar-refractivity contribution in [2.24, 2.45) is 0 Å². The summed E-state index contributed by atoms with van der Waals surface area (Å²) in [4.78, 5) is 0. The fourth-order valence-corrected chi connectivity index (χ4v) is 2.72. The van der Waals surface area contributed by atoms with Crippen LogP contribution in [0.1, 0.15) is 11.1 Å². The van der Waals surface area contributed by atoms with Gasteiger partial charge in [0.25, 0.3) is 0 Å². The molecule has 1 aromatic carbocycles. The minimum atomic E-state index is 0.730. The van der Waals surface area contributed by atoms with Crippen LogP contribution < -0.4 is 5.73 Å². The highest BCUT2D eigenvalue weighted by atomic mass is 35.5. The van der Waals surface area contributed by atoms with Crippen molar-refractivity contribution in [3.63, 3.8) is 0 Å². The predicted octanol–water partition coefficient (Wildman–Crippen LogP) is 2.01. The minimum Gasteiger partial charge on any atom is -0.399 e. The van der Waals surface area contributed by atoms with Gasteiger partial charge in [-0.15, -0.1) is 11.6 Å². The number of likely N-dealkylation sites (N-methyl/N-ethyl adjacent to an activating group) is 1. The molecule has 15 heavy (non-hydrogen) atoms. The molecule has 0 spiro atoms. The quantitative estimate of drug-likeness (QED) is 0.465. The van der Waals surface area contributed by atoms with Crippen LogP contribution in [-0.2, 0) is 13.0 Å². The number of fused-ring (bicyclic) bond motifs is 1. The van der Waals surface area contributed by atoms with Gasteiger partial charge in [-0.3, -0.25) is 0 Å². The summed E-state index contributed by atoms with van der Waals surface area (Å²) in [5.41, 5.74) is 9.53. The normalized spacial score (nSPS) is 24.9. The average molecular weight is 226 g/mol.